The molecule has 0 saturated carbocycles. The molecule has 0 aromatic rings. The zero-order valence-electron chi connectivity index (χ0n) is 47.7. The zero-order chi connectivity index (χ0) is 51.4. The first-order valence-corrected chi connectivity index (χ1v) is 31.8. The molecule has 3 N–H and O–H groups in total. The van der Waals surface area contributed by atoms with Crippen LogP contribution in [0.2, 0.25) is 0 Å². The molecule has 0 heterocycles. The van der Waals surface area contributed by atoms with Crippen LogP contribution in [0.25, 0.3) is 0 Å². The molecule has 0 aliphatic rings. The fourth-order valence-electron chi connectivity index (χ4n) is 9.74. The van der Waals surface area contributed by atoms with Crippen LogP contribution in [0.4, 0.5) is 0 Å². The molecule has 6 heteroatoms. The largest absolute Gasteiger partial charge is 0.466 e. The van der Waals surface area contributed by atoms with Crippen LogP contribution in [0.15, 0.2) is 36.5 Å². The quantitative estimate of drug-likeness (QED) is 0.0321. The number of aliphatic hydroxyl groups excluding tert-OH is 2. The molecule has 0 spiro atoms. The molecule has 1 amide bonds. The normalized spacial score (nSPS) is 12.8. The lowest BCUT2D eigenvalue weighted by Gasteiger charge is -2.20. The number of hydrogen-bond acceptors (Lipinski definition) is 5. The van der Waals surface area contributed by atoms with E-state index in [2.05, 4.69) is 43.5 Å². The SMILES string of the molecule is CCCCC/C=C\CCCCCCCC(=O)OCCCCCCCCCCCCCC/C=C\CCCCCCCCCCC(=O)NC(CO)C(O)/C=C/CCCCCCCCCCCCCCCCCC. The Hall–Kier alpha value is -1.92. The molecule has 0 aliphatic heterocycles. The molecule has 0 rings (SSSR count). The maximum absolute atomic E-state index is 12.5. The Bertz CT molecular complexity index is 1150. The highest BCUT2D eigenvalue weighted by Gasteiger charge is 2.18. The zero-order valence-corrected chi connectivity index (χ0v) is 47.7. The topological polar surface area (TPSA) is 95.9 Å². The molecule has 418 valence electrons. The summed E-state index contributed by atoms with van der Waals surface area (Å²) in [6, 6.07) is -0.632. The maximum atomic E-state index is 12.5. The number of allylic oxidation sites excluding steroid dienone is 5. The second-order valence-electron chi connectivity index (χ2n) is 21.7. The molecule has 2 unspecified atom stereocenters. The van der Waals surface area contributed by atoms with E-state index in [1.807, 2.05) is 6.08 Å². The van der Waals surface area contributed by atoms with E-state index < -0.39 is 12.1 Å². The van der Waals surface area contributed by atoms with E-state index in [0.717, 1.165) is 44.9 Å². The van der Waals surface area contributed by atoms with E-state index >= 15 is 0 Å². The lowest BCUT2D eigenvalue weighted by atomic mass is 10.0. The molecule has 0 bridgehead atoms. The van der Waals surface area contributed by atoms with Crippen molar-refractivity contribution in [3.63, 3.8) is 0 Å². The van der Waals surface area contributed by atoms with E-state index in [4.69, 9.17) is 4.74 Å². The minimum atomic E-state index is -0.848. The van der Waals surface area contributed by atoms with Crippen LogP contribution < -0.4 is 5.32 Å². The standard InChI is InChI=1S/C65H123NO5/c1-3-5-7-9-11-13-15-17-18-19-28-31-34-37-41-45-49-53-57-63(68)62(61-67)66-64(69)58-54-50-46-42-38-35-32-29-26-24-22-20-21-23-25-27-30-33-36-40-44-48-52-56-60-71-65(70)59-55-51-47-43-39-16-14-12-10-8-6-4-2/h12,14,22,24,53,57,62-63,67-68H,3-11,13,15-21,23,25-52,54-56,58-61H2,1-2H3,(H,66,69)/b14-12-,24-22-,57-53+. The predicted molar refractivity (Wildman–Crippen MR) is 310 cm³/mol. The fourth-order valence-corrected chi connectivity index (χ4v) is 9.74. The van der Waals surface area contributed by atoms with Gasteiger partial charge in [0.25, 0.3) is 0 Å². The lowest BCUT2D eigenvalue weighted by molar-refractivity contribution is -0.143. The van der Waals surface area contributed by atoms with Gasteiger partial charge in [-0.15, -0.1) is 0 Å². The first kappa shape index (κ1) is 69.1. The van der Waals surface area contributed by atoms with Gasteiger partial charge in [0, 0.05) is 12.8 Å². The van der Waals surface area contributed by atoms with Gasteiger partial charge >= 0.3 is 5.97 Å². The second kappa shape index (κ2) is 60.6. The molecule has 71 heavy (non-hydrogen) atoms. The lowest BCUT2D eigenvalue weighted by Crippen LogP contribution is -2.45. The Balaban J connectivity index is 3.44. The Kier molecular flexibility index (Phi) is 59.0. The van der Waals surface area contributed by atoms with Gasteiger partial charge < -0.3 is 20.3 Å². The smallest absolute Gasteiger partial charge is 0.305 e. The van der Waals surface area contributed by atoms with Crippen molar-refractivity contribution in [3.05, 3.63) is 36.5 Å². The van der Waals surface area contributed by atoms with Crippen molar-refractivity contribution in [2.24, 2.45) is 0 Å². The minimum Gasteiger partial charge on any atom is -0.466 e. The van der Waals surface area contributed by atoms with Gasteiger partial charge in [-0.1, -0.05) is 281 Å². The molecule has 0 aromatic carbocycles. The third kappa shape index (κ3) is 57.2. The van der Waals surface area contributed by atoms with Crippen molar-refractivity contribution in [1.29, 1.82) is 0 Å². The number of carbonyl (C=O) groups is 2. The Labute approximate surface area is 443 Å². The number of nitrogens with one attached hydrogen (secondary N) is 1. The fraction of sp³-hybridized carbons (Fsp3) is 0.877. The Morgan fingerprint density at radius 3 is 1.03 bits per heavy atom. The third-order valence-corrected chi connectivity index (χ3v) is 14.6. The highest BCUT2D eigenvalue weighted by molar-refractivity contribution is 5.76. The van der Waals surface area contributed by atoms with Crippen molar-refractivity contribution in [1.82, 2.24) is 5.32 Å². The van der Waals surface area contributed by atoms with Gasteiger partial charge in [0.05, 0.1) is 25.4 Å². The number of hydrogen-bond donors (Lipinski definition) is 3. The number of rotatable bonds is 59. The van der Waals surface area contributed by atoms with E-state index in [-0.39, 0.29) is 18.5 Å². The number of carbonyl (C=O) groups excluding carboxylic acids is 2. The molecular formula is C65H123NO5. The third-order valence-electron chi connectivity index (χ3n) is 14.6. The van der Waals surface area contributed by atoms with Crippen LogP contribution in [-0.2, 0) is 14.3 Å². The average Bonchev–Trinajstić information content (AvgIpc) is 3.37. The van der Waals surface area contributed by atoms with Gasteiger partial charge in [0.2, 0.25) is 5.91 Å². The summed E-state index contributed by atoms with van der Waals surface area (Å²) in [6.07, 6.45) is 76.2. The molecular weight excluding hydrogens is 875 g/mol. The van der Waals surface area contributed by atoms with Gasteiger partial charge in [-0.3, -0.25) is 9.59 Å². The number of unbranched alkanes of at least 4 members (excludes halogenated alkanes) is 44. The van der Waals surface area contributed by atoms with E-state index in [1.54, 1.807) is 6.08 Å². The van der Waals surface area contributed by atoms with Crippen molar-refractivity contribution in [3.8, 4) is 0 Å². The van der Waals surface area contributed by atoms with Crippen LogP contribution in [0.5, 0.6) is 0 Å². The molecule has 6 nitrogen and oxygen atoms in total. The Morgan fingerprint density at radius 1 is 0.380 bits per heavy atom. The molecule has 0 aromatic heterocycles. The summed E-state index contributed by atoms with van der Waals surface area (Å²) in [6.45, 7) is 4.89. The number of ether oxygens (including phenoxy) is 1. The summed E-state index contributed by atoms with van der Waals surface area (Å²) >= 11 is 0. The summed E-state index contributed by atoms with van der Waals surface area (Å²) in [7, 11) is 0. The van der Waals surface area contributed by atoms with Crippen LogP contribution in [0.1, 0.15) is 341 Å². The Morgan fingerprint density at radius 2 is 0.662 bits per heavy atom. The molecule has 2 atom stereocenters. The highest BCUT2D eigenvalue weighted by Crippen LogP contribution is 2.17. The van der Waals surface area contributed by atoms with Crippen molar-refractivity contribution < 1.29 is 24.5 Å². The van der Waals surface area contributed by atoms with Crippen molar-refractivity contribution in [2.75, 3.05) is 13.2 Å². The van der Waals surface area contributed by atoms with E-state index in [0.29, 0.717) is 19.4 Å². The van der Waals surface area contributed by atoms with Crippen LogP contribution in [-0.4, -0.2) is 47.4 Å². The summed E-state index contributed by atoms with van der Waals surface area (Å²) < 4.78 is 5.47. The molecule has 0 saturated heterocycles. The molecule has 0 aliphatic carbocycles. The predicted octanol–water partition coefficient (Wildman–Crippen LogP) is 20.0. The first-order valence-electron chi connectivity index (χ1n) is 31.8. The number of amides is 1. The highest BCUT2D eigenvalue weighted by atomic mass is 16.5. The van der Waals surface area contributed by atoms with Crippen LogP contribution >= 0.6 is 0 Å². The van der Waals surface area contributed by atoms with E-state index in [1.165, 1.54) is 270 Å². The first-order chi connectivity index (χ1) is 35.0. The monoisotopic (exact) mass is 998 g/mol. The second-order valence-corrected chi connectivity index (χ2v) is 21.7. The van der Waals surface area contributed by atoms with Crippen LogP contribution in [0.3, 0.4) is 0 Å². The average molecular weight is 999 g/mol. The van der Waals surface area contributed by atoms with Gasteiger partial charge in [-0.2, -0.15) is 0 Å². The summed E-state index contributed by atoms with van der Waals surface area (Å²) in [4.78, 5) is 24.5. The van der Waals surface area contributed by atoms with Crippen molar-refractivity contribution >= 4 is 11.9 Å². The van der Waals surface area contributed by atoms with Gasteiger partial charge in [0.15, 0.2) is 0 Å². The number of esters is 1. The number of aliphatic hydroxyl groups is 2. The van der Waals surface area contributed by atoms with E-state index in [9.17, 15) is 19.8 Å². The van der Waals surface area contributed by atoms with Gasteiger partial charge in [0.1, 0.15) is 0 Å². The van der Waals surface area contributed by atoms with Crippen LogP contribution in [0, 0.1) is 0 Å². The van der Waals surface area contributed by atoms with Gasteiger partial charge in [-0.05, 0) is 83.5 Å². The summed E-state index contributed by atoms with van der Waals surface area (Å²) in [5.41, 5.74) is 0. The molecule has 0 fully saturated rings. The van der Waals surface area contributed by atoms with Gasteiger partial charge in [-0.25, -0.2) is 0 Å². The summed E-state index contributed by atoms with van der Waals surface area (Å²) in [5, 5.41) is 23.2. The molecule has 0 radical (unpaired) electrons. The maximum Gasteiger partial charge on any atom is 0.305 e. The summed E-state index contributed by atoms with van der Waals surface area (Å²) in [5.74, 6) is -0.0685. The minimum absolute atomic E-state index is 0.00195. The van der Waals surface area contributed by atoms with Crippen molar-refractivity contribution in [2.45, 2.75) is 353 Å².